The number of aliphatic hydroxyl groups is 1. The minimum Gasteiger partial charge on any atom is -0.391 e. The van der Waals surface area contributed by atoms with Gasteiger partial charge in [-0.1, -0.05) is 36.9 Å². The number of benzene rings is 1. The molecule has 6 heteroatoms. The van der Waals surface area contributed by atoms with Gasteiger partial charge in [0, 0.05) is 11.1 Å². The predicted molar refractivity (Wildman–Crippen MR) is 79.4 cm³/mol. The number of rotatable bonds is 3. The van der Waals surface area contributed by atoms with Gasteiger partial charge >= 0.3 is 0 Å². The normalized spacial score (nSPS) is 24.4. The molecular weight excluding hydrogens is 298 g/mol. The highest BCUT2D eigenvalue weighted by molar-refractivity contribution is 7.89. The maximum absolute atomic E-state index is 12.5. The Morgan fingerprint density at radius 2 is 1.95 bits per heavy atom. The van der Waals surface area contributed by atoms with E-state index in [0.29, 0.717) is 23.4 Å². The van der Waals surface area contributed by atoms with Crippen molar-refractivity contribution in [2.45, 2.75) is 56.1 Å². The topological polar surface area (TPSA) is 66.4 Å². The summed E-state index contributed by atoms with van der Waals surface area (Å²) in [5.74, 6) is 0. The molecule has 112 valence electrons. The fourth-order valence-electron chi connectivity index (χ4n) is 2.55. The molecular formula is C14H20ClNO3S. The summed E-state index contributed by atoms with van der Waals surface area (Å²) in [7, 11) is -3.66. The maximum Gasteiger partial charge on any atom is 0.241 e. The van der Waals surface area contributed by atoms with Gasteiger partial charge in [-0.25, -0.2) is 13.1 Å². The molecule has 0 heterocycles. The largest absolute Gasteiger partial charge is 0.391 e. The van der Waals surface area contributed by atoms with E-state index < -0.39 is 22.2 Å². The Morgan fingerprint density at radius 1 is 1.25 bits per heavy atom. The number of aliphatic hydroxyl groups excluding tert-OH is 1. The minimum atomic E-state index is -3.66. The van der Waals surface area contributed by atoms with Crippen LogP contribution in [-0.2, 0) is 10.0 Å². The lowest BCUT2D eigenvalue weighted by Gasteiger charge is -2.22. The molecule has 0 bridgehead atoms. The summed E-state index contributed by atoms with van der Waals surface area (Å²) >= 11 is 5.88. The molecule has 1 aliphatic carbocycles. The summed E-state index contributed by atoms with van der Waals surface area (Å²) < 4.78 is 27.5. The third-order valence-electron chi connectivity index (χ3n) is 3.73. The highest BCUT2D eigenvalue weighted by atomic mass is 35.5. The molecule has 2 rings (SSSR count). The lowest BCUT2D eigenvalue weighted by Crippen LogP contribution is -2.42. The van der Waals surface area contributed by atoms with Gasteiger partial charge in [-0.05, 0) is 37.5 Å². The smallest absolute Gasteiger partial charge is 0.241 e. The van der Waals surface area contributed by atoms with Crippen LogP contribution in [0.15, 0.2) is 23.1 Å². The number of nitrogens with one attached hydrogen (secondary N) is 1. The molecule has 0 saturated heterocycles. The molecule has 1 aliphatic rings. The highest BCUT2D eigenvalue weighted by Crippen LogP contribution is 2.23. The van der Waals surface area contributed by atoms with Gasteiger partial charge < -0.3 is 5.11 Å². The van der Waals surface area contributed by atoms with Gasteiger partial charge in [0.2, 0.25) is 10.0 Å². The number of hydrogen-bond acceptors (Lipinski definition) is 3. The molecule has 2 N–H and O–H groups in total. The SMILES string of the molecule is Cc1ccc(Cl)cc1S(=O)(=O)NC1CCCCCC1O. The van der Waals surface area contributed by atoms with E-state index in [-0.39, 0.29) is 4.90 Å². The summed E-state index contributed by atoms with van der Waals surface area (Å²) in [6.45, 7) is 1.73. The Bertz CT molecular complexity index is 574. The molecule has 0 spiro atoms. The van der Waals surface area contributed by atoms with Crippen molar-refractivity contribution >= 4 is 21.6 Å². The molecule has 1 saturated carbocycles. The van der Waals surface area contributed by atoms with Crippen LogP contribution in [0.1, 0.15) is 37.7 Å². The van der Waals surface area contributed by atoms with Gasteiger partial charge in [-0.15, -0.1) is 0 Å². The van der Waals surface area contributed by atoms with E-state index >= 15 is 0 Å². The van der Waals surface area contributed by atoms with Crippen molar-refractivity contribution in [3.8, 4) is 0 Å². The first kappa shape index (κ1) is 15.8. The van der Waals surface area contributed by atoms with Crippen LogP contribution in [0.4, 0.5) is 0 Å². The molecule has 1 aromatic carbocycles. The zero-order valence-corrected chi connectivity index (χ0v) is 13.0. The molecule has 0 aromatic heterocycles. The minimum absolute atomic E-state index is 0.182. The van der Waals surface area contributed by atoms with Gasteiger partial charge in [0.05, 0.1) is 11.0 Å². The molecule has 1 aromatic rings. The predicted octanol–water partition coefficient (Wildman–Crippen LogP) is 2.62. The van der Waals surface area contributed by atoms with Crippen LogP contribution in [0.2, 0.25) is 5.02 Å². The molecule has 20 heavy (non-hydrogen) atoms. The second-order valence-electron chi connectivity index (χ2n) is 5.34. The van der Waals surface area contributed by atoms with Gasteiger partial charge in [0.1, 0.15) is 0 Å². The number of halogens is 1. The summed E-state index contributed by atoms with van der Waals surface area (Å²) in [5, 5.41) is 10.4. The molecule has 4 nitrogen and oxygen atoms in total. The van der Waals surface area contributed by atoms with Crippen molar-refractivity contribution < 1.29 is 13.5 Å². The zero-order valence-electron chi connectivity index (χ0n) is 11.5. The standard InChI is InChI=1S/C14H20ClNO3S/c1-10-7-8-11(15)9-14(10)20(18,19)16-12-5-3-2-4-6-13(12)17/h7-9,12-13,16-17H,2-6H2,1H3. The lowest BCUT2D eigenvalue weighted by atomic mass is 10.1. The first-order valence-electron chi connectivity index (χ1n) is 6.87. The summed E-state index contributed by atoms with van der Waals surface area (Å²) in [4.78, 5) is 0.182. The van der Waals surface area contributed by atoms with E-state index in [1.54, 1.807) is 19.1 Å². The number of aryl methyl sites for hydroxylation is 1. The van der Waals surface area contributed by atoms with Gasteiger partial charge in [0.15, 0.2) is 0 Å². The summed E-state index contributed by atoms with van der Waals surface area (Å²) in [5.41, 5.74) is 0.644. The highest BCUT2D eigenvalue weighted by Gasteiger charge is 2.27. The Morgan fingerprint density at radius 3 is 2.70 bits per heavy atom. The Hall–Kier alpha value is -0.620. The van der Waals surface area contributed by atoms with Crippen molar-refractivity contribution in [1.82, 2.24) is 4.72 Å². The Labute approximate surface area is 125 Å². The first-order chi connectivity index (χ1) is 9.40. The summed E-state index contributed by atoms with van der Waals surface area (Å²) in [6.07, 6.45) is 3.59. The van der Waals surface area contributed by atoms with E-state index in [4.69, 9.17) is 11.6 Å². The molecule has 2 atom stereocenters. The second-order valence-corrected chi connectivity index (χ2v) is 7.46. The van der Waals surface area contributed by atoms with Crippen molar-refractivity contribution in [2.24, 2.45) is 0 Å². The monoisotopic (exact) mass is 317 g/mol. The van der Waals surface area contributed by atoms with Crippen LogP contribution < -0.4 is 4.72 Å². The average molecular weight is 318 g/mol. The van der Waals surface area contributed by atoms with E-state index in [1.807, 2.05) is 0 Å². The van der Waals surface area contributed by atoms with Crippen LogP contribution in [0, 0.1) is 6.92 Å². The van der Waals surface area contributed by atoms with Crippen molar-refractivity contribution in [1.29, 1.82) is 0 Å². The van der Waals surface area contributed by atoms with Crippen LogP contribution in [0.5, 0.6) is 0 Å². The van der Waals surface area contributed by atoms with Crippen molar-refractivity contribution in [3.05, 3.63) is 28.8 Å². The van der Waals surface area contributed by atoms with E-state index in [9.17, 15) is 13.5 Å². The maximum atomic E-state index is 12.5. The van der Waals surface area contributed by atoms with E-state index in [0.717, 1.165) is 19.3 Å². The Kier molecular flexibility index (Phi) is 5.07. The molecule has 1 fully saturated rings. The van der Waals surface area contributed by atoms with Crippen LogP contribution >= 0.6 is 11.6 Å². The van der Waals surface area contributed by atoms with Crippen LogP contribution in [0.25, 0.3) is 0 Å². The van der Waals surface area contributed by atoms with E-state index in [1.165, 1.54) is 6.07 Å². The van der Waals surface area contributed by atoms with Crippen LogP contribution in [-0.4, -0.2) is 25.7 Å². The van der Waals surface area contributed by atoms with Gasteiger partial charge in [0.25, 0.3) is 0 Å². The van der Waals surface area contributed by atoms with Gasteiger partial charge in [-0.3, -0.25) is 0 Å². The summed E-state index contributed by atoms with van der Waals surface area (Å²) in [6, 6.07) is 4.37. The fraction of sp³-hybridized carbons (Fsp3) is 0.571. The molecule has 2 unspecified atom stereocenters. The molecule has 0 radical (unpaired) electrons. The quantitative estimate of drug-likeness (QED) is 0.842. The third kappa shape index (κ3) is 3.73. The number of sulfonamides is 1. The third-order valence-corrected chi connectivity index (χ3v) is 5.59. The fourth-order valence-corrected chi connectivity index (χ4v) is 4.36. The Balaban J connectivity index is 2.24. The van der Waals surface area contributed by atoms with Crippen molar-refractivity contribution in [2.75, 3.05) is 0 Å². The second kappa shape index (κ2) is 6.43. The van der Waals surface area contributed by atoms with Gasteiger partial charge in [-0.2, -0.15) is 0 Å². The molecule has 0 aliphatic heterocycles. The van der Waals surface area contributed by atoms with Crippen molar-refractivity contribution in [3.63, 3.8) is 0 Å². The number of hydrogen-bond donors (Lipinski definition) is 2. The van der Waals surface area contributed by atoms with Crippen LogP contribution in [0.3, 0.4) is 0 Å². The van der Waals surface area contributed by atoms with E-state index in [2.05, 4.69) is 4.72 Å². The molecule has 0 amide bonds. The first-order valence-corrected chi connectivity index (χ1v) is 8.73. The lowest BCUT2D eigenvalue weighted by molar-refractivity contribution is 0.130. The zero-order chi connectivity index (χ0) is 14.8. The average Bonchev–Trinajstić information content (AvgIpc) is 2.57.